The van der Waals surface area contributed by atoms with E-state index in [1.54, 1.807) is 12.1 Å². The first-order valence-corrected chi connectivity index (χ1v) is 6.70. The Morgan fingerprint density at radius 2 is 2.14 bits per heavy atom. The zero-order valence-electron chi connectivity index (χ0n) is 11.6. The zero-order chi connectivity index (χ0) is 14.8. The molecule has 0 unspecified atom stereocenters. The smallest absolute Gasteiger partial charge is 0.406 e. The van der Waals surface area contributed by atoms with Gasteiger partial charge in [-0.05, 0) is 31.0 Å². The van der Waals surface area contributed by atoms with Crippen molar-refractivity contribution in [1.29, 1.82) is 0 Å². The van der Waals surface area contributed by atoms with Crippen molar-refractivity contribution in [2.24, 2.45) is 0 Å². The number of oxazole rings is 1. The number of benzene rings is 1. The van der Waals surface area contributed by atoms with Gasteiger partial charge in [-0.3, -0.25) is 4.79 Å². The van der Waals surface area contributed by atoms with E-state index in [4.69, 9.17) is 4.42 Å². The molecule has 0 spiro atoms. The van der Waals surface area contributed by atoms with Crippen LogP contribution in [0.1, 0.15) is 22.3 Å². The molecular weight excluding hydrogens is 268 g/mol. The van der Waals surface area contributed by atoms with Gasteiger partial charge in [0.2, 0.25) is 5.91 Å². The summed E-state index contributed by atoms with van der Waals surface area (Å²) in [6.45, 7) is 2.00. The molecular formula is C16H14N2O3. The number of nitrogens with zero attached hydrogens (tertiary/aromatic N) is 2. The highest BCUT2D eigenvalue weighted by atomic mass is 16.4. The summed E-state index contributed by atoms with van der Waals surface area (Å²) in [6, 6.07) is 11.2. The van der Waals surface area contributed by atoms with Gasteiger partial charge in [0, 0.05) is 12.6 Å². The molecule has 2 heterocycles. The van der Waals surface area contributed by atoms with Gasteiger partial charge in [0.1, 0.15) is 0 Å². The average molecular weight is 282 g/mol. The fourth-order valence-electron chi connectivity index (χ4n) is 2.31. The maximum Gasteiger partial charge on any atom is 0.428 e. The van der Waals surface area contributed by atoms with E-state index in [1.165, 1.54) is 6.20 Å². The van der Waals surface area contributed by atoms with E-state index in [0.717, 1.165) is 15.7 Å². The minimum atomic E-state index is -0.682. The van der Waals surface area contributed by atoms with Crippen molar-refractivity contribution >= 4 is 17.1 Å². The van der Waals surface area contributed by atoms with Gasteiger partial charge < -0.3 is 4.42 Å². The van der Waals surface area contributed by atoms with Gasteiger partial charge in [-0.2, -0.15) is 4.57 Å². The lowest BCUT2D eigenvalue weighted by Crippen LogP contribution is -2.23. The monoisotopic (exact) mass is 282 g/mol. The summed E-state index contributed by atoms with van der Waals surface area (Å²) < 4.78 is 6.02. The molecule has 0 fully saturated rings. The van der Waals surface area contributed by atoms with Gasteiger partial charge in [-0.15, -0.1) is 0 Å². The minimum Gasteiger partial charge on any atom is -0.406 e. The fourth-order valence-corrected chi connectivity index (χ4v) is 2.31. The Morgan fingerprint density at radius 3 is 2.95 bits per heavy atom. The first-order chi connectivity index (χ1) is 10.1. The number of carbonyl (C=O) groups excluding carboxylic acids is 1. The van der Waals surface area contributed by atoms with Crippen LogP contribution in [0, 0.1) is 6.92 Å². The number of pyridine rings is 1. The molecule has 0 saturated carbocycles. The molecule has 21 heavy (non-hydrogen) atoms. The fraction of sp³-hybridized carbons (Fsp3) is 0.188. The number of fused-ring (bicyclic) bond motifs is 1. The predicted octanol–water partition coefficient (Wildman–Crippen LogP) is 2.57. The molecule has 0 aliphatic carbocycles. The first-order valence-electron chi connectivity index (χ1n) is 6.70. The molecule has 0 N–H and O–H groups in total. The summed E-state index contributed by atoms with van der Waals surface area (Å²) in [5.74, 6) is -0.989. The Labute approximate surface area is 120 Å². The van der Waals surface area contributed by atoms with Crippen LogP contribution in [0.15, 0.2) is 51.8 Å². The molecule has 5 heteroatoms. The summed E-state index contributed by atoms with van der Waals surface area (Å²) >= 11 is 0. The third kappa shape index (κ3) is 2.63. The maximum absolute atomic E-state index is 12.3. The molecule has 0 radical (unpaired) electrons. The van der Waals surface area contributed by atoms with Gasteiger partial charge in [-0.1, -0.05) is 29.8 Å². The quantitative estimate of drug-likeness (QED) is 0.740. The van der Waals surface area contributed by atoms with Crippen LogP contribution in [0.3, 0.4) is 0 Å². The summed E-state index contributed by atoms with van der Waals surface area (Å²) in [4.78, 5) is 28.1. The maximum atomic E-state index is 12.3. The number of rotatable bonds is 3. The molecule has 0 bridgehead atoms. The van der Waals surface area contributed by atoms with E-state index >= 15 is 0 Å². The van der Waals surface area contributed by atoms with Crippen molar-refractivity contribution in [1.82, 2.24) is 9.55 Å². The van der Waals surface area contributed by atoms with Gasteiger partial charge in [-0.25, -0.2) is 9.78 Å². The Kier molecular flexibility index (Phi) is 3.39. The number of hydrogen-bond donors (Lipinski definition) is 0. The molecule has 1 aromatic carbocycles. The van der Waals surface area contributed by atoms with E-state index < -0.39 is 5.76 Å². The van der Waals surface area contributed by atoms with E-state index in [1.807, 2.05) is 31.2 Å². The highest BCUT2D eigenvalue weighted by Crippen LogP contribution is 2.11. The summed E-state index contributed by atoms with van der Waals surface area (Å²) in [6.07, 6.45) is 2.34. The highest BCUT2D eigenvalue weighted by Gasteiger charge is 2.16. The second kappa shape index (κ2) is 5.36. The molecule has 5 nitrogen and oxygen atoms in total. The van der Waals surface area contributed by atoms with Crippen molar-refractivity contribution < 1.29 is 9.21 Å². The second-order valence-electron chi connectivity index (χ2n) is 4.91. The number of carbonyl (C=O) groups is 1. The van der Waals surface area contributed by atoms with E-state index in [0.29, 0.717) is 12.0 Å². The van der Waals surface area contributed by atoms with Crippen LogP contribution in [0.25, 0.3) is 11.2 Å². The van der Waals surface area contributed by atoms with Crippen molar-refractivity contribution in [3.05, 3.63) is 64.3 Å². The van der Waals surface area contributed by atoms with Gasteiger partial charge >= 0.3 is 5.76 Å². The highest BCUT2D eigenvalue weighted by molar-refractivity contribution is 5.87. The normalized spacial score (nSPS) is 10.9. The number of aryl methyl sites for hydroxylation is 2. The standard InChI is InChI=1S/C16H14N2O3/c1-11-4-2-5-12(10-11)7-8-14(19)18-15-13(21-16(18)20)6-3-9-17-15/h2-6,9-10H,7-8H2,1H3. The summed E-state index contributed by atoms with van der Waals surface area (Å²) in [5, 5.41) is 0. The van der Waals surface area contributed by atoms with E-state index in [2.05, 4.69) is 4.98 Å². The Morgan fingerprint density at radius 1 is 1.29 bits per heavy atom. The van der Waals surface area contributed by atoms with Crippen LogP contribution in [-0.2, 0) is 6.42 Å². The third-order valence-corrected chi connectivity index (χ3v) is 3.30. The Bertz CT molecular complexity index is 861. The lowest BCUT2D eigenvalue weighted by Gasteiger charge is -2.02. The number of aromatic nitrogens is 2. The summed E-state index contributed by atoms with van der Waals surface area (Å²) in [5.41, 5.74) is 2.81. The van der Waals surface area contributed by atoms with Crippen LogP contribution >= 0.6 is 0 Å². The molecule has 0 amide bonds. The Hall–Kier alpha value is -2.69. The molecule has 3 rings (SSSR count). The number of hydrogen-bond acceptors (Lipinski definition) is 4. The molecule has 0 aliphatic rings. The van der Waals surface area contributed by atoms with Crippen molar-refractivity contribution in [2.45, 2.75) is 19.8 Å². The SMILES string of the molecule is Cc1cccc(CCC(=O)n2c(=O)oc3cccnc32)c1. The lowest BCUT2D eigenvalue weighted by atomic mass is 10.1. The molecule has 0 atom stereocenters. The lowest BCUT2D eigenvalue weighted by molar-refractivity contribution is 0.0899. The topological polar surface area (TPSA) is 65.1 Å². The Balaban J connectivity index is 1.84. The molecule has 0 saturated heterocycles. The molecule has 2 aromatic heterocycles. The van der Waals surface area contributed by atoms with Crippen LogP contribution in [0.4, 0.5) is 0 Å². The van der Waals surface area contributed by atoms with Crippen molar-refractivity contribution in [2.75, 3.05) is 0 Å². The van der Waals surface area contributed by atoms with Crippen molar-refractivity contribution in [3.8, 4) is 0 Å². The zero-order valence-corrected chi connectivity index (χ0v) is 11.6. The van der Waals surface area contributed by atoms with E-state index in [9.17, 15) is 9.59 Å². The third-order valence-electron chi connectivity index (χ3n) is 3.30. The van der Waals surface area contributed by atoms with Gasteiger partial charge in [0.15, 0.2) is 11.2 Å². The summed E-state index contributed by atoms with van der Waals surface area (Å²) in [7, 11) is 0. The van der Waals surface area contributed by atoms with Gasteiger partial charge in [0.25, 0.3) is 0 Å². The van der Waals surface area contributed by atoms with Crippen LogP contribution in [0.5, 0.6) is 0 Å². The van der Waals surface area contributed by atoms with Crippen LogP contribution in [-0.4, -0.2) is 15.5 Å². The molecule has 0 aliphatic heterocycles. The molecule has 3 aromatic rings. The van der Waals surface area contributed by atoms with E-state index in [-0.39, 0.29) is 18.0 Å². The van der Waals surface area contributed by atoms with Gasteiger partial charge in [0.05, 0.1) is 0 Å². The minimum absolute atomic E-state index is 0.231. The molecule has 106 valence electrons. The van der Waals surface area contributed by atoms with Crippen LogP contribution < -0.4 is 5.76 Å². The average Bonchev–Trinajstić information content (AvgIpc) is 2.81. The second-order valence-corrected chi connectivity index (χ2v) is 4.91. The van der Waals surface area contributed by atoms with Crippen LogP contribution in [0.2, 0.25) is 0 Å². The largest absolute Gasteiger partial charge is 0.428 e. The predicted molar refractivity (Wildman–Crippen MR) is 78.4 cm³/mol. The van der Waals surface area contributed by atoms with Crippen molar-refractivity contribution in [3.63, 3.8) is 0 Å². The first kappa shape index (κ1) is 13.3.